The Bertz CT molecular complexity index is 1060. The predicted molar refractivity (Wildman–Crippen MR) is 118 cm³/mol. The van der Waals surface area contributed by atoms with Gasteiger partial charge in [0.1, 0.15) is 0 Å². The number of halogens is 2. The highest BCUT2D eigenvalue weighted by Gasteiger charge is 2.07. The van der Waals surface area contributed by atoms with E-state index >= 15 is 0 Å². The van der Waals surface area contributed by atoms with Gasteiger partial charge in [-0.2, -0.15) is 0 Å². The van der Waals surface area contributed by atoms with Crippen molar-refractivity contribution in [2.75, 3.05) is 0 Å². The van der Waals surface area contributed by atoms with Crippen LogP contribution in [0, 0.1) is 0 Å². The third kappa shape index (κ3) is 5.31. The standard InChI is InChI=1S/C22H14Cl2N2O4/c23-17-10-20(26-12-14-3-7-16(8-4-14)22(29)30)18(24)9-19(17)25-11-13-1-5-15(6-2-13)21(27)28/h1-12H,(H,27,28)(H,29,30). The first-order chi connectivity index (χ1) is 14.3. The van der Waals surface area contributed by atoms with Gasteiger partial charge >= 0.3 is 11.9 Å². The van der Waals surface area contributed by atoms with Gasteiger partial charge in [-0.15, -0.1) is 0 Å². The van der Waals surface area contributed by atoms with Crippen LogP contribution in [-0.4, -0.2) is 34.6 Å². The maximum absolute atomic E-state index is 10.9. The number of rotatable bonds is 6. The molecule has 150 valence electrons. The Morgan fingerprint density at radius 3 is 1.30 bits per heavy atom. The van der Waals surface area contributed by atoms with E-state index in [1.807, 2.05) is 0 Å². The lowest BCUT2D eigenvalue weighted by atomic mass is 10.1. The minimum atomic E-state index is -0.998. The van der Waals surface area contributed by atoms with Crippen LogP contribution >= 0.6 is 23.2 Å². The molecule has 0 fully saturated rings. The van der Waals surface area contributed by atoms with Crippen molar-refractivity contribution >= 4 is 58.9 Å². The minimum Gasteiger partial charge on any atom is -0.478 e. The van der Waals surface area contributed by atoms with E-state index < -0.39 is 11.9 Å². The van der Waals surface area contributed by atoms with Gasteiger partial charge < -0.3 is 10.2 Å². The lowest BCUT2D eigenvalue weighted by Crippen LogP contribution is -1.95. The van der Waals surface area contributed by atoms with E-state index in [1.54, 1.807) is 48.8 Å². The Morgan fingerprint density at radius 1 is 0.667 bits per heavy atom. The summed E-state index contributed by atoms with van der Waals surface area (Å²) in [5.41, 5.74) is 2.67. The predicted octanol–water partition coefficient (Wildman–Crippen LogP) is 5.89. The van der Waals surface area contributed by atoms with Crippen LogP contribution in [0.2, 0.25) is 10.0 Å². The Kier molecular flexibility index (Phi) is 6.61. The molecule has 2 N–H and O–H groups in total. The van der Waals surface area contributed by atoms with Crippen LogP contribution < -0.4 is 0 Å². The first-order valence-electron chi connectivity index (χ1n) is 8.57. The van der Waals surface area contributed by atoms with Crippen molar-refractivity contribution < 1.29 is 19.8 Å². The van der Waals surface area contributed by atoms with Gasteiger partial charge in [0.2, 0.25) is 0 Å². The average molecular weight is 441 g/mol. The van der Waals surface area contributed by atoms with Gasteiger partial charge in [0, 0.05) is 12.4 Å². The quantitative estimate of drug-likeness (QED) is 0.466. The van der Waals surface area contributed by atoms with Gasteiger partial charge in [0.15, 0.2) is 0 Å². The maximum atomic E-state index is 10.9. The van der Waals surface area contributed by atoms with Gasteiger partial charge in [-0.25, -0.2) is 9.59 Å². The first-order valence-corrected chi connectivity index (χ1v) is 9.33. The summed E-state index contributed by atoms with van der Waals surface area (Å²) in [7, 11) is 0. The molecular weight excluding hydrogens is 427 g/mol. The molecule has 0 aliphatic rings. The number of hydrogen-bond acceptors (Lipinski definition) is 4. The van der Waals surface area contributed by atoms with Crippen LogP contribution in [0.25, 0.3) is 0 Å². The second-order valence-electron chi connectivity index (χ2n) is 6.13. The zero-order valence-corrected chi connectivity index (χ0v) is 16.8. The molecule has 3 aromatic rings. The highest BCUT2D eigenvalue weighted by atomic mass is 35.5. The van der Waals surface area contributed by atoms with Crippen molar-refractivity contribution in [1.29, 1.82) is 0 Å². The second kappa shape index (κ2) is 9.35. The zero-order chi connectivity index (χ0) is 21.7. The van der Waals surface area contributed by atoms with Crippen molar-refractivity contribution in [1.82, 2.24) is 0 Å². The molecule has 3 aromatic carbocycles. The van der Waals surface area contributed by atoms with Gasteiger partial charge in [-0.3, -0.25) is 9.98 Å². The second-order valence-corrected chi connectivity index (χ2v) is 6.94. The summed E-state index contributed by atoms with van der Waals surface area (Å²) in [6.45, 7) is 0. The molecule has 30 heavy (non-hydrogen) atoms. The SMILES string of the molecule is O=C(O)c1ccc(C=Nc2cc(Cl)c(N=Cc3ccc(C(=O)O)cc3)cc2Cl)cc1. The van der Waals surface area contributed by atoms with E-state index in [4.69, 9.17) is 33.4 Å². The fraction of sp³-hybridized carbons (Fsp3) is 0. The monoisotopic (exact) mass is 440 g/mol. The van der Waals surface area contributed by atoms with Crippen molar-refractivity contribution in [2.45, 2.75) is 0 Å². The third-order valence-electron chi connectivity index (χ3n) is 4.04. The average Bonchev–Trinajstić information content (AvgIpc) is 2.73. The van der Waals surface area contributed by atoms with E-state index in [1.165, 1.54) is 24.3 Å². The topological polar surface area (TPSA) is 99.3 Å². The highest BCUT2D eigenvalue weighted by Crippen LogP contribution is 2.36. The lowest BCUT2D eigenvalue weighted by molar-refractivity contribution is 0.0686. The molecule has 0 atom stereocenters. The van der Waals surface area contributed by atoms with E-state index in [-0.39, 0.29) is 11.1 Å². The zero-order valence-electron chi connectivity index (χ0n) is 15.3. The number of aliphatic imine (C=N–C) groups is 2. The molecular formula is C22H14Cl2N2O4. The summed E-state index contributed by atoms with van der Waals surface area (Å²) in [5, 5.41) is 18.5. The molecule has 3 rings (SSSR count). The molecule has 0 spiro atoms. The normalized spacial score (nSPS) is 11.3. The van der Waals surface area contributed by atoms with Crippen LogP contribution in [0.4, 0.5) is 11.4 Å². The van der Waals surface area contributed by atoms with Gasteiger partial charge in [0.25, 0.3) is 0 Å². The minimum absolute atomic E-state index is 0.188. The summed E-state index contributed by atoms with van der Waals surface area (Å²) < 4.78 is 0. The molecule has 6 nitrogen and oxygen atoms in total. The summed E-state index contributed by atoms with van der Waals surface area (Å²) in [6.07, 6.45) is 3.10. The molecule has 0 unspecified atom stereocenters. The Hall–Kier alpha value is -3.48. The van der Waals surface area contributed by atoms with E-state index in [0.29, 0.717) is 32.5 Å². The molecule has 0 bridgehead atoms. The van der Waals surface area contributed by atoms with Crippen molar-refractivity contribution in [3.63, 3.8) is 0 Å². The molecule has 0 saturated heterocycles. The largest absolute Gasteiger partial charge is 0.478 e. The number of carboxylic acids is 2. The third-order valence-corrected chi connectivity index (χ3v) is 4.64. The molecule has 0 aromatic heterocycles. The van der Waals surface area contributed by atoms with E-state index in [9.17, 15) is 9.59 Å². The van der Waals surface area contributed by atoms with Crippen LogP contribution in [0.1, 0.15) is 31.8 Å². The highest BCUT2D eigenvalue weighted by molar-refractivity contribution is 6.37. The van der Waals surface area contributed by atoms with E-state index in [2.05, 4.69) is 9.98 Å². The summed E-state index contributed by atoms with van der Waals surface area (Å²) in [4.78, 5) is 30.4. The number of carbonyl (C=O) groups is 2. The van der Waals surface area contributed by atoms with Crippen molar-refractivity contribution in [3.05, 3.63) is 93.0 Å². The fourth-order valence-corrected chi connectivity index (χ4v) is 2.85. The molecule has 0 aliphatic heterocycles. The molecule has 0 heterocycles. The molecule has 0 saturated carbocycles. The summed E-state index contributed by atoms with van der Waals surface area (Å²) >= 11 is 12.6. The first kappa shape index (κ1) is 21.2. The van der Waals surface area contributed by atoms with Crippen LogP contribution in [0.15, 0.2) is 70.6 Å². The van der Waals surface area contributed by atoms with Gasteiger partial charge in [-0.1, -0.05) is 47.5 Å². The summed E-state index contributed by atoms with van der Waals surface area (Å²) in [6, 6.07) is 15.6. The molecule has 0 amide bonds. The molecule has 0 radical (unpaired) electrons. The Balaban J connectivity index is 1.77. The maximum Gasteiger partial charge on any atom is 0.335 e. The van der Waals surface area contributed by atoms with E-state index in [0.717, 1.165) is 0 Å². The van der Waals surface area contributed by atoms with Crippen molar-refractivity contribution in [2.24, 2.45) is 9.98 Å². The van der Waals surface area contributed by atoms with Crippen molar-refractivity contribution in [3.8, 4) is 0 Å². The number of hydrogen-bond donors (Lipinski definition) is 2. The smallest absolute Gasteiger partial charge is 0.335 e. The van der Waals surface area contributed by atoms with Crippen LogP contribution in [0.5, 0.6) is 0 Å². The molecule has 8 heteroatoms. The number of carboxylic acid groups (broad SMARTS) is 2. The van der Waals surface area contributed by atoms with Crippen LogP contribution in [0.3, 0.4) is 0 Å². The Labute approximate surface area is 181 Å². The number of benzene rings is 3. The fourth-order valence-electron chi connectivity index (χ4n) is 2.44. The van der Waals surface area contributed by atoms with Gasteiger partial charge in [-0.05, 0) is 47.5 Å². The Morgan fingerprint density at radius 2 is 1.00 bits per heavy atom. The van der Waals surface area contributed by atoms with Gasteiger partial charge in [0.05, 0.1) is 32.5 Å². The number of nitrogens with zero attached hydrogens (tertiary/aromatic N) is 2. The molecule has 0 aliphatic carbocycles. The van der Waals surface area contributed by atoms with Crippen LogP contribution in [-0.2, 0) is 0 Å². The summed E-state index contributed by atoms with van der Waals surface area (Å²) in [5.74, 6) is -2.00. The lowest BCUT2D eigenvalue weighted by Gasteiger charge is -2.04. The number of aromatic carboxylic acids is 2.